The molecular weight excluding hydrogens is 380 g/mol. The van der Waals surface area contributed by atoms with Crippen molar-refractivity contribution >= 4 is 27.7 Å². The average molecular weight is 403 g/mol. The van der Waals surface area contributed by atoms with E-state index in [0.29, 0.717) is 19.4 Å². The Labute approximate surface area is 157 Å². The van der Waals surface area contributed by atoms with Crippen molar-refractivity contribution in [3.05, 3.63) is 70.2 Å². The van der Waals surface area contributed by atoms with Gasteiger partial charge in [-0.15, -0.1) is 0 Å². The number of hydrogen-bond donors (Lipinski definition) is 1. The van der Waals surface area contributed by atoms with Gasteiger partial charge < -0.3 is 10.2 Å². The van der Waals surface area contributed by atoms with Gasteiger partial charge in [0.2, 0.25) is 11.8 Å². The molecule has 4 nitrogen and oxygen atoms in total. The van der Waals surface area contributed by atoms with E-state index in [4.69, 9.17) is 0 Å². The Balaban J connectivity index is 2.12. The minimum atomic E-state index is -0.521. The maximum Gasteiger partial charge on any atom is 0.242 e. The molecular formula is C20H23BrN2O2. The van der Waals surface area contributed by atoms with E-state index in [1.807, 2.05) is 54.6 Å². The van der Waals surface area contributed by atoms with Gasteiger partial charge >= 0.3 is 0 Å². The van der Waals surface area contributed by atoms with Crippen LogP contribution in [0.15, 0.2) is 59.1 Å². The summed E-state index contributed by atoms with van der Waals surface area (Å²) in [6.45, 7) is 2.17. The van der Waals surface area contributed by atoms with E-state index in [0.717, 1.165) is 15.6 Å². The molecule has 0 radical (unpaired) electrons. The third-order valence-corrected chi connectivity index (χ3v) is 4.62. The Hall–Kier alpha value is -2.14. The van der Waals surface area contributed by atoms with Crippen LogP contribution in [0, 0.1) is 0 Å². The number of likely N-dealkylation sites (N-methyl/N-ethyl adjacent to an activating group) is 1. The summed E-state index contributed by atoms with van der Waals surface area (Å²) >= 11 is 3.45. The molecule has 0 aromatic heterocycles. The fourth-order valence-corrected chi connectivity index (χ4v) is 3.11. The van der Waals surface area contributed by atoms with Crippen LogP contribution < -0.4 is 5.32 Å². The zero-order valence-corrected chi connectivity index (χ0v) is 16.1. The van der Waals surface area contributed by atoms with Crippen LogP contribution in [-0.2, 0) is 22.6 Å². The highest BCUT2D eigenvalue weighted by atomic mass is 79.9. The molecule has 0 saturated heterocycles. The largest absolute Gasteiger partial charge is 0.357 e. The molecule has 0 spiro atoms. The first-order chi connectivity index (χ1) is 12.0. The van der Waals surface area contributed by atoms with Gasteiger partial charge in [-0.3, -0.25) is 9.59 Å². The van der Waals surface area contributed by atoms with Gasteiger partial charge in [0, 0.05) is 24.5 Å². The molecule has 0 heterocycles. The van der Waals surface area contributed by atoms with Crippen molar-refractivity contribution in [1.29, 1.82) is 0 Å². The van der Waals surface area contributed by atoms with Crippen molar-refractivity contribution < 1.29 is 9.59 Å². The van der Waals surface area contributed by atoms with Gasteiger partial charge in [-0.05, 0) is 36.6 Å². The summed E-state index contributed by atoms with van der Waals surface area (Å²) in [6.07, 6.45) is 1.04. The Morgan fingerprint density at radius 2 is 1.76 bits per heavy atom. The SMILES string of the molecule is CNC(=O)C(C)N(Cc1cccc(Br)c1)C(=O)CCc1ccccc1. The summed E-state index contributed by atoms with van der Waals surface area (Å²) in [7, 11) is 1.59. The zero-order valence-electron chi connectivity index (χ0n) is 14.5. The molecule has 2 aromatic rings. The third kappa shape index (κ3) is 5.71. The van der Waals surface area contributed by atoms with Gasteiger partial charge in [0.05, 0.1) is 0 Å². The first kappa shape index (κ1) is 19.2. The lowest BCUT2D eigenvalue weighted by atomic mass is 10.1. The van der Waals surface area contributed by atoms with Crippen LogP contribution in [0.4, 0.5) is 0 Å². The topological polar surface area (TPSA) is 49.4 Å². The molecule has 132 valence electrons. The molecule has 0 saturated carbocycles. The smallest absolute Gasteiger partial charge is 0.242 e. The minimum Gasteiger partial charge on any atom is -0.357 e. The zero-order chi connectivity index (χ0) is 18.2. The van der Waals surface area contributed by atoms with E-state index in [9.17, 15) is 9.59 Å². The quantitative estimate of drug-likeness (QED) is 0.769. The highest BCUT2D eigenvalue weighted by molar-refractivity contribution is 9.10. The van der Waals surface area contributed by atoms with E-state index < -0.39 is 6.04 Å². The average Bonchev–Trinajstić information content (AvgIpc) is 2.64. The highest BCUT2D eigenvalue weighted by Crippen LogP contribution is 2.16. The van der Waals surface area contributed by atoms with Crippen LogP contribution in [0.3, 0.4) is 0 Å². The molecule has 0 bridgehead atoms. The van der Waals surface area contributed by atoms with Crippen LogP contribution in [0.5, 0.6) is 0 Å². The predicted molar refractivity (Wildman–Crippen MR) is 103 cm³/mol. The van der Waals surface area contributed by atoms with Crippen LogP contribution in [0.2, 0.25) is 0 Å². The lowest BCUT2D eigenvalue weighted by molar-refractivity contribution is -0.140. The number of aryl methyl sites for hydroxylation is 1. The maximum atomic E-state index is 12.8. The highest BCUT2D eigenvalue weighted by Gasteiger charge is 2.25. The molecule has 2 amide bonds. The summed E-state index contributed by atoms with van der Waals surface area (Å²) in [5, 5.41) is 2.63. The maximum absolute atomic E-state index is 12.8. The second-order valence-electron chi connectivity index (χ2n) is 5.93. The number of carbonyl (C=O) groups is 2. The molecule has 0 aliphatic carbocycles. The van der Waals surface area contributed by atoms with Gasteiger partial charge in [-0.25, -0.2) is 0 Å². The number of hydrogen-bond acceptors (Lipinski definition) is 2. The lowest BCUT2D eigenvalue weighted by Crippen LogP contribution is -2.46. The fourth-order valence-electron chi connectivity index (χ4n) is 2.66. The van der Waals surface area contributed by atoms with Gasteiger partial charge in [-0.1, -0.05) is 58.4 Å². The van der Waals surface area contributed by atoms with E-state index in [1.54, 1.807) is 18.9 Å². The number of amides is 2. The monoisotopic (exact) mass is 402 g/mol. The van der Waals surface area contributed by atoms with E-state index in [-0.39, 0.29) is 11.8 Å². The standard InChI is InChI=1S/C20H23BrN2O2/c1-15(20(25)22-2)23(14-17-9-6-10-18(21)13-17)19(24)12-11-16-7-4-3-5-8-16/h3-10,13,15H,11-12,14H2,1-2H3,(H,22,25). The summed E-state index contributed by atoms with van der Waals surface area (Å²) in [4.78, 5) is 26.5. The Bertz CT molecular complexity index is 719. The van der Waals surface area contributed by atoms with Crippen molar-refractivity contribution in [3.63, 3.8) is 0 Å². The fraction of sp³-hybridized carbons (Fsp3) is 0.300. The Kier molecular flexibility index (Phi) is 7.19. The number of benzene rings is 2. The molecule has 0 fully saturated rings. The van der Waals surface area contributed by atoms with E-state index in [2.05, 4.69) is 21.2 Å². The molecule has 0 aliphatic rings. The number of carbonyl (C=O) groups excluding carboxylic acids is 2. The summed E-state index contributed by atoms with van der Waals surface area (Å²) < 4.78 is 0.953. The van der Waals surface area contributed by atoms with Crippen molar-refractivity contribution in [2.24, 2.45) is 0 Å². The predicted octanol–water partition coefficient (Wildman–Crippen LogP) is 3.55. The van der Waals surface area contributed by atoms with Crippen molar-refractivity contribution in [1.82, 2.24) is 10.2 Å². The molecule has 1 atom stereocenters. The number of rotatable bonds is 7. The molecule has 1 unspecified atom stereocenters. The van der Waals surface area contributed by atoms with Crippen LogP contribution in [-0.4, -0.2) is 29.8 Å². The lowest BCUT2D eigenvalue weighted by Gasteiger charge is -2.28. The van der Waals surface area contributed by atoms with Gasteiger partial charge in [0.1, 0.15) is 6.04 Å². The first-order valence-corrected chi connectivity index (χ1v) is 9.10. The number of halogens is 1. The summed E-state index contributed by atoms with van der Waals surface area (Å²) in [6, 6.07) is 17.2. The molecule has 2 rings (SSSR count). The molecule has 1 N–H and O–H groups in total. The third-order valence-electron chi connectivity index (χ3n) is 4.13. The van der Waals surface area contributed by atoms with Crippen molar-refractivity contribution in [2.45, 2.75) is 32.4 Å². The Morgan fingerprint density at radius 3 is 2.40 bits per heavy atom. The first-order valence-electron chi connectivity index (χ1n) is 8.30. The molecule has 2 aromatic carbocycles. The Morgan fingerprint density at radius 1 is 1.08 bits per heavy atom. The normalized spacial score (nSPS) is 11.6. The van der Waals surface area contributed by atoms with Gasteiger partial charge in [-0.2, -0.15) is 0 Å². The van der Waals surface area contributed by atoms with Crippen LogP contribution in [0.25, 0.3) is 0 Å². The molecule has 0 aliphatic heterocycles. The molecule has 25 heavy (non-hydrogen) atoms. The van der Waals surface area contributed by atoms with Crippen molar-refractivity contribution in [2.75, 3.05) is 7.05 Å². The van der Waals surface area contributed by atoms with E-state index in [1.165, 1.54) is 0 Å². The number of nitrogens with one attached hydrogen (secondary N) is 1. The van der Waals surface area contributed by atoms with Gasteiger partial charge in [0.25, 0.3) is 0 Å². The minimum absolute atomic E-state index is 0.0278. The van der Waals surface area contributed by atoms with Crippen LogP contribution in [0.1, 0.15) is 24.5 Å². The number of nitrogens with zero attached hydrogens (tertiary/aromatic N) is 1. The summed E-state index contributed by atoms with van der Waals surface area (Å²) in [5.41, 5.74) is 2.10. The van der Waals surface area contributed by atoms with E-state index >= 15 is 0 Å². The van der Waals surface area contributed by atoms with Crippen molar-refractivity contribution in [3.8, 4) is 0 Å². The van der Waals surface area contributed by atoms with Crippen LogP contribution >= 0.6 is 15.9 Å². The summed E-state index contributed by atoms with van der Waals surface area (Å²) in [5.74, 6) is -0.192. The van der Waals surface area contributed by atoms with Gasteiger partial charge in [0.15, 0.2) is 0 Å². The molecule has 5 heteroatoms. The second-order valence-corrected chi connectivity index (χ2v) is 6.84. The second kappa shape index (κ2) is 9.37.